The number of hydrogen-bond acceptors (Lipinski definition) is 3. The van der Waals surface area contributed by atoms with Crippen molar-refractivity contribution in [2.45, 2.75) is 5.75 Å². The van der Waals surface area contributed by atoms with Crippen molar-refractivity contribution in [3.8, 4) is 0 Å². The fraction of sp³-hybridized carbons (Fsp3) is 0.417. The molecule has 0 saturated carbocycles. The Labute approximate surface area is 107 Å². The average Bonchev–Trinajstić information content (AvgIpc) is 2.24. The van der Waals surface area contributed by atoms with Gasteiger partial charge in [-0.2, -0.15) is 11.8 Å². The van der Waals surface area contributed by atoms with E-state index in [1.165, 1.54) is 5.56 Å². The van der Waals surface area contributed by atoms with Gasteiger partial charge in [-0.15, -0.1) is 0 Å². The van der Waals surface area contributed by atoms with Gasteiger partial charge >= 0.3 is 0 Å². The predicted octanol–water partition coefficient (Wildman–Crippen LogP) is 2.12. The summed E-state index contributed by atoms with van der Waals surface area (Å²) in [4.78, 5) is 2.67. The molecule has 1 rings (SSSR count). The monoisotopic (exact) mass is 254 g/mol. The summed E-state index contributed by atoms with van der Waals surface area (Å²) in [6.07, 6.45) is 0. The summed E-state index contributed by atoms with van der Waals surface area (Å²) in [5, 5.41) is 0. The van der Waals surface area contributed by atoms with Crippen molar-refractivity contribution in [3.05, 3.63) is 35.4 Å². The van der Waals surface area contributed by atoms with E-state index in [1.54, 1.807) is 0 Å². The molecule has 88 valence electrons. The lowest BCUT2D eigenvalue weighted by molar-refractivity contribution is 0.437. The van der Waals surface area contributed by atoms with Crippen molar-refractivity contribution in [2.75, 3.05) is 26.4 Å². The molecule has 2 nitrogen and oxygen atoms in total. The highest BCUT2D eigenvalue weighted by Crippen LogP contribution is 2.13. The van der Waals surface area contributed by atoms with Crippen molar-refractivity contribution < 1.29 is 0 Å². The maximum atomic E-state index is 5.60. The Kier molecular flexibility index (Phi) is 5.80. The van der Waals surface area contributed by atoms with Crippen LogP contribution < -0.4 is 5.73 Å². The zero-order valence-corrected chi connectivity index (χ0v) is 11.4. The third-order valence-electron chi connectivity index (χ3n) is 2.16. The van der Waals surface area contributed by atoms with Crippen LogP contribution in [0.3, 0.4) is 0 Å². The fourth-order valence-corrected chi connectivity index (χ4v) is 2.43. The Morgan fingerprint density at radius 1 is 1.44 bits per heavy atom. The van der Waals surface area contributed by atoms with E-state index in [-0.39, 0.29) is 0 Å². The summed E-state index contributed by atoms with van der Waals surface area (Å²) < 4.78 is 0. The largest absolute Gasteiger partial charge is 0.389 e. The number of rotatable bonds is 6. The lowest BCUT2D eigenvalue weighted by Crippen LogP contribution is -2.14. The Hall–Kier alpha value is -0.580. The van der Waals surface area contributed by atoms with Gasteiger partial charge in [-0.1, -0.05) is 30.4 Å². The Balaban J connectivity index is 2.42. The number of benzene rings is 1. The lowest BCUT2D eigenvalue weighted by Gasteiger charge is -2.09. The molecule has 0 aliphatic heterocycles. The highest BCUT2D eigenvalue weighted by atomic mass is 32.2. The van der Waals surface area contributed by atoms with E-state index in [9.17, 15) is 0 Å². The van der Waals surface area contributed by atoms with E-state index in [2.05, 4.69) is 31.1 Å². The predicted molar refractivity (Wildman–Crippen MR) is 77.0 cm³/mol. The van der Waals surface area contributed by atoms with Gasteiger partial charge < -0.3 is 10.6 Å². The van der Waals surface area contributed by atoms with Crippen molar-refractivity contribution in [1.29, 1.82) is 0 Å². The SMILES string of the molecule is CN(C)CCSCc1cccc(C(N)=S)c1. The molecule has 0 heterocycles. The summed E-state index contributed by atoms with van der Waals surface area (Å²) in [6, 6.07) is 8.15. The number of nitrogens with two attached hydrogens (primary N) is 1. The molecule has 2 N–H and O–H groups in total. The van der Waals surface area contributed by atoms with Gasteiger partial charge in [-0.3, -0.25) is 0 Å². The highest BCUT2D eigenvalue weighted by Gasteiger charge is 1.99. The van der Waals surface area contributed by atoms with E-state index in [1.807, 2.05) is 23.9 Å². The summed E-state index contributed by atoms with van der Waals surface area (Å²) in [5.41, 5.74) is 7.84. The highest BCUT2D eigenvalue weighted by molar-refractivity contribution is 7.98. The Bertz CT molecular complexity index is 351. The second-order valence-electron chi connectivity index (χ2n) is 3.92. The van der Waals surface area contributed by atoms with Crippen LogP contribution in [-0.4, -0.2) is 36.3 Å². The molecule has 0 saturated heterocycles. The van der Waals surface area contributed by atoms with Gasteiger partial charge in [-0.05, 0) is 25.7 Å². The van der Waals surface area contributed by atoms with Gasteiger partial charge in [0.25, 0.3) is 0 Å². The first-order chi connectivity index (χ1) is 7.59. The van der Waals surface area contributed by atoms with Crippen molar-refractivity contribution in [3.63, 3.8) is 0 Å². The van der Waals surface area contributed by atoms with Crippen LogP contribution in [0.5, 0.6) is 0 Å². The molecule has 0 aromatic heterocycles. The topological polar surface area (TPSA) is 29.3 Å². The van der Waals surface area contributed by atoms with Crippen LogP contribution in [0.25, 0.3) is 0 Å². The molecule has 0 spiro atoms. The normalized spacial score (nSPS) is 10.7. The summed E-state index contributed by atoms with van der Waals surface area (Å²) >= 11 is 6.88. The second kappa shape index (κ2) is 6.89. The maximum absolute atomic E-state index is 5.60. The zero-order chi connectivity index (χ0) is 12.0. The van der Waals surface area contributed by atoms with Crippen LogP contribution in [0.2, 0.25) is 0 Å². The minimum atomic E-state index is 0.472. The van der Waals surface area contributed by atoms with Crippen LogP contribution in [0, 0.1) is 0 Å². The third kappa shape index (κ3) is 4.96. The molecule has 4 heteroatoms. The third-order valence-corrected chi connectivity index (χ3v) is 3.41. The van der Waals surface area contributed by atoms with E-state index < -0.39 is 0 Å². The van der Waals surface area contributed by atoms with Crippen LogP contribution >= 0.6 is 24.0 Å². The molecule has 0 fully saturated rings. The molecule has 0 radical (unpaired) electrons. The van der Waals surface area contributed by atoms with Crippen LogP contribution in [0.15, 0.2) is 24.3 Å². The molecular formula is C12H18N2S2. The first-order valence-corrected chi connectivity index (χ1v) is 6.77. The van der Waals surface area contributed by atoms with Gasteiger partial charge in [-0.25, -0.2) is 0 Å². The van der Waals surface area contributed by atoms with Crippen LogP contribution in [-0.2, 0) is 5.75 Å². The van der Waals surface area contributed by atoms with E-state index in [4.69, 9.17) is 18.0 Å². The van der Waals surface area contributed by atoms with E-state index >= 15 is 0 Å². The number of nitrogens with zero attached hydrogens (tertiary/aromatic N) is 1. The van der Waals surface area contributed by atoms with Gasteiger partial charge in [0.1, 0.15) is 4.99 Å². The molecule has 0 amide bonds. The lowest BCUT2D eigenvalue weighted by atomic mass is 10.1. The molecule has 0 bridgehead atoms. The molecule has 1 aromatic carbocycles. The van der Waals surface area contributed by atoms with Crippen LogP contribution in [0.1, 0.15) is 11.1 Å². The number of thioether (sulfide) groups is 1. The molecule has 0 unspecified atom stereocenters. The second-order valence-corrected chi connectivity index (χ2v) is 5.47. The summed E-state index contributed by atoms with van der Waals surface area (Å²) in [5.74, 6) is 2.16. The summed E-state index contributed by atoms with van der Waals surface area (Å²) in [7, 11) is 4.18. The standard InChI is InChI=1S/C12H18N2S2/c1-14(2)6-7-16-9-10-4-3-5-11(8-10)12(13)15/h3-5,8H,6-7,9H2,1-2H3,(H2,13,15). The number of hydrogen-bond donors (Lipinski definition) is 1. The quantitative estimate of drug-likeness (QED) is 0.622. The smallest absolute Gasteiger partial charge is 0.103 e. The molecule has 16 heavy (non-hydrogen) atoms. The van der Waals surface area contributed by atoms with Gasteiger partial charge in [0.05, 0.1) is 0 Å². The Morgan fingerprint density at radius 3 is 2.81 bits per heavy atom. The van der Waals surface area contributed by atoms with Gasteiger partial charge in [0.2, 0.25) is 0 Å². The minimum absolute atomic E-state index is 0.472. The van der Waals surface area contributed by atoms with Crippen molar-refractivity contribution in [1.82, 2.24) is 4.90 Å². The fourth-order valence-electron chi connectivity index (χ4n) is 1.25. The zero-order valence-electron chi connectivity index (χ0n) is 9.77. The minimum Gasteiger partial charge on any atom is -0.389 e. The molecule has 0 aliphatic rings. The number of thiocarbonyl (C=S) groups is 1. The molecule has 0 aliphatic carbocycles. The molecule has 1 aromatic rings. The Morgan fingerprint density at radius 2 is 2.19 bits per heavy atom. The van der Waals surface area contributed by atoms with E-state index in [0.29, 0.717) is 4.99 Å². The van der Waals surface area contributed by atoms with Gasteiger partial charge in [0, 0.05) is 23.6 Å². The van der Waals surface area contributed by atoms with Gasteiger partial charge in [0.15, 0.2) is 0 Å². The molecular weight excluding hydrogens is 236 g/mol. The first kappa shape index (κ1) is 13.5. The van der Waals surface area contributed by atoms with Crippen molar-refractivity contribution in [2.24, 2.45) is 5.73 Å². The van der Waals surface area contributed by atoms with Crippen molar-refractivity contribution >= 4 is 29.0 Å². The van der Waals surface area contributed by atoms with Crippen LogP contribution in [0.4, 0.5) is 0 Å². The summed E-state index contributed by atoms with van der Waals surface area (Å²) in [6.45, 7) is 1.11. The van der Waals surface area contributed by atoms with E-state index in [0.717, 1.165) is 23.6 Å². The average molecular weight is 254 g/mol. The maximum Gasteiger partial charge on any atom is 0.103 e. The molecule has 0 atom stereocenters. The first-order valence-electron chi connectivity index (χ1n) is 5.21.